The molecule has 1 aliphatic heterocycles. The summed E-state index contributed by atoms with van der Waals surface area (Å²) in [6.07, 6.45) is 2.51. The molecule has 1 aromatic rings. The van der Waals surface area contributed by atoms with Crippen molar-refractivity contribution in [3.05, 3.63) is 10.6 Å². The van der Waals surface area contributed by atoms with Gasteiger partial charge in [-0.3, -0.25) is 4.79 Å². The second-order valence-electron chi connectivity index (χ2n) is 6.37. The van der Waals surface area contributed by atoms with Crippen LogP contribution in [0, 0.1) is 17.8 Å². The quantitative estimate of drug-likeness (QED) is 0.768. The minimum Gasteiger partial charge on any atom is -0.337 e. The number of amides is 1. The SMILES string of the molecule is Cc1nnsc1C(=O)N1CC2(C1)CC(C)(C)C2. The number of nitrogens with zero attached hydrogens (tertiary/aromatic N) is 3. The maximum Gasteiger partial charge on any atom is 0.267 e. The van der Waals surface area contributed by atoms with Crippen LogP contribution in [0.3, 0.4) is 0 Å². The normalized spacial score (nSPS) is 24.3. The van der Waals surface area contributed by atoms with Crippen LogP contribution in [0.4, 0.5) is 0 Å². The fourth-order valence-corrected chi connectivity index (χ4v) is 4.31. The van der Waals surface area contributed by atoms with Gasteiger partial charge in [-0.05, 0) is 36.7 Å². The number of likely N-dealkylation sites (tertiary alicyclic amines) is 1. The predicted octanol–water partition coefficient (Wildman–Crippen LogP) is 2.11. The highest BCUT2D eigenvalue weighted by Crippen LogP contribution is 2.58. The lowest BCUT2D eigenvalue weighted by Crippen LogP contribution is -2.65. The topological polar surface area (TPSA) is 46.1 Å². The molecule has 1 amide bonds. The predicted molar refractivity (Wildman–Crippen MR) is 66.0 cm³/mol. The maximum atomic E-state index is 12.2. The Kier molecular flexibility index (Phi) is 2.15. The Labute approximate surface area is 105 Å². The molecule has 2 heterocycles. The first-order valence-electron chi connectivity index (χ1n) is 5.99. The molecule has 1 spiro atoms. The average Bonchev–Trinajstić information content (AvgIpc) is 2.55. The molecule has 2 fully saturated rings. The monoisotopic (exact) mass is 251 g/mol. The summed E-state index contributed by atoms with van der Waals surface area (Å²) in [5.41, 5.74) is 1.68. The van der Waals surface area contributed by atoms with Gasteiger partial charge in [0.05, 0.1) is 5.69 Å². The van der Waals surface area contributed by atoms with Gasteiger partial charge in [0.25, 0.3) is 5.91 Å². The van der Waals surface area contributed by atoms with Crippen molar-refractivity contribution >= 4 is 17.4 Å². The van der Waals surface area contributed by atoms with Crippen LogP contribution in [0.2, 0.25) is 0 Å². The Balaban J connectivity index is 1.64. The maximum absolute atomic E-state index is 12.2. The van der Waals surface area contributed by atoms with Crippen LogP contribution in [-0.4, -0.2) is 33.5 Å². The molecule has 0 N–H and O–H groups in total. The Morgan fingerprint density at radius 3 is 2.47 bits per heavy atom. The van der Waals surface area contributed by atoms with Gasteiger partial charge in [0, 0.05) is 18.5 Å². The summed E-state index contributed by atoms with van der Waals surface area (Å²) in [5.74, 6) is 0.118. The van der Waals surface area contributed by atoms with Crippen LogP contribution < -0.4 is 0 Å². The van der Waals surface area contributed by atoms with Gasteiger partial charge in [-0.1, -0.05) is 18.3 Å². The molecular formula is C12H17N3OS. The van der Waals surface area contributed by atoms with Gasteiger partial charge in [0.15, 0.2) is 0 Å². The fourth-order valence-electron chi connectivity index (χ4n) is 3.68. The largest absolute Gasteiger partial charge is 0.337 e. The highest BCUT2D eigenvalue weighted by Gasteiger charge is 2.56. The lowest BCUT2D eigenvalue weighted by Gasteiger charge is -2.62. The molecule has 0 bridgehead atoms. The molecule has 0 radical (unpaired) electrons. The van der Waals surface area contributed by atoms with E-state index in [1.54, 1.807) is 0 Å². The molecule has 0 unspecified atom stereocenters. The third kappa shape index (κ3) is 1.68. The van der Waals surface area contributed by atoms with E-state index in [1.807, 2.05) is 11.8 Å². The van der Waals surface area contributed by atoms with E-state index < -0.39 is 0 Å². The first-order valence-corrected chi connectivity index (χ1v) is 6.77. The van der Waals surface area contributed by atoms with Crippen LogP contribution in [0.25, 0.3) is 0 Å². The summed E-state index contributed by atoms with van der Waals surface area (Å²) in [6.45, 7) is 8.30. The molecule has 1 saturated carbocycles. The van der Waals surface area contributed by atoms with E-state index >= 15 is 0 Å². The third-order valence-corrected chi connectivity index (χ3v) is 4.71. The first kappa shape index (κ1) is 11.1. The molecule has 0 aromatic carbocycles. The molecule has 2 aliphatic rings. The number of hydrogen-bond donors (Lipinski definition) is 0. The Morgan fingerprint density at radius 2 is 2.00 bits per heavy atom. The molecule has 0 atom stereocenters. The van der Waals surface area contributed by atoms with E-state index in [9.17, 15) is 4.79 Å². The first-order chi connectivity index (χ1) is 7.91. The summed E-state index contributed by atoms with van der Waals surface area (Å²) in [5, 5.41) is 3.89. The highest BCUT2D eigenvalue weighted by molar-refractivity contribution is 7.07. The van der Waals surface area contributed by atoms with Crippen molar-refractivity contribution in [3.63, 3.8) is 0 Å². The second-order valence-corrected chi connectivity index (χ2v) is 7.12. The number of aromatic nitrogens is 2. The van der Waals surface area contributed by atoms with Crippen molar-refractivity contribution in [3.8, 4) is 0 Å². The lowest BCUT2D eigenvalue weighted by molar-refractivity contribution is -0.112. The Bertz CT molecular complexity index is 464. The van der Waals surface area contributed by atoms with Crippen molar-refractivity contribution in [1.82, 2.24) is 14.5 Å². The smallest absolute Gasteiger partial charge is 0.267 e. The van der Waals surface area contributed by atoms with E-state index in [2.05, 4.69) is 23.4 Å². The molecule has 4 nitrogen and oxygen atoms in total. The second kappa shape index (κ2) is 3.28. The molecule has 1 aliphatic carbocycles. The standard InChI is InChI=1S/C12H17N3OS/c1-8-9(17-14-13-8)10(16)15-6-12(7-15)4-11(2,3)5-12/h4-7H2,1-3H3. The zero-order valence-corrected chi connectivity index (χ0v) is 11.3. The van der Waals surface area contributed by atoms with Crippen molar-refractivity contribution < 1.29 is 4.79 Å². The number of hydrogen-bond acceptors (Lipinski definition) is 4. The van der Waals surface area contributed by atoms with Gasteiger partial charge in [-0.2, -0.15) is 0 Å². The van der Waals surface area contributed by atoms with Gasteiger partial charge < -0.3 is 4.90 Å². The zero-order valence-electron chi connectivity index (χ0n) is 10.5. The van der Waals surface area contributed by atoms with Gasteiger partial charge >= 0.3 is 0 Å². The minimum absolute atomic E-state index is 0.118. The minimum atomic E-state index is 0.118. The molecule has 5 heteroatoms. The summed E-state index contributed by atoms with van der Waals surface area (Å²) in [6, 6.07) is 0. The lowest BCUT2D eigenvalue weighted by atomic mass is 9.51. The molecular weight excluding hydrogens is 234 g/mol. The van der Waals surface area contributed by atoms with Crippen molar-refractivity contribution in [2.24, 2.45) is 10.8 Å². The van der Waals surface area contributed by atoms with Crippen molar-refractivity contribution in [2.45, 2.75) is 33.6 Å². The summed E-state index contributed by atoms with van der Waals surface area (Å²) in [4.78, 5) is 14.8. The van der Waals surface area contributed by atoms with Gasteiger partial charge in [0.2, 0.25) is 0 Å². The van der Waals surface area contributed by atoms with Crippen LogP contribution in [-0.2, 0) is 0 Å². The number of aryl methyl sites for hydroxylation is 1. The number of carbonyl (C=O) groups is 1. The summed E-state index contributed by atoms with van der Waals surface area (Å²) >= 11 is 1.21. The van der Waals surface area contributed by atoms with Crippen molar-refractivity contribution in [2.75, 3.05) is 13.1 Å². The van der Waals surface area contributed by atoms with Crippen LogP contribution in [0.5, 0.6) is 0 Å². The summed E-state index contributed by atoms with van der Waals surface area (Å²) in [7, 11) is 0. The highest BCUT2D eigenvalue weighted by atomic mass is 32.1. The van der Waals surface area contributed by atoms with E-state index in [0.717, 1.165) is 18.8 Å². The van der Waals surface area contributed by atoms with E-state index in [4.69, 9.17) is 0 Å². The molecule has 1 aromatic heterocycles. The fraction of sp³-hybridized carbons (Fsp3) is 0.750. The van der Waals surface area contributed by atoms with E-state index in [1.165, 1.54) is 24.4 Å². The Hall–Kier alpha value is -0.970. The van der Waals surface area contributed by atoms with Gasteiger partial charge in [-0.25, -0.2) is 0 Å². The molecule has 3 rings (SSSR count). The zero-order chi connectivity index (χ0) is 12.3. The third-order valence-electron chi connectivity index (χ3n) is 3.89. The number of carbonyl (C=O) groups excluding carboxylic acids is 1. The van der Waals surface area contributed by atoms with Gasteiger partial charge in [-0.15, -0.1) is 5.10 Å². The van der Waals surface area contributed by atoms with E-state index in [0.29, 0.717) is 15.7 Å². The molecule has 1 saturated heterocycles. The van der Waals surface area contributed by atoms with Crippen LogP contribution >= 0.6 is 11.5 Å². The van der Waals surface area contributed by atoms with Crippen LogP contribution in [0.1, 0.15) is 42.1 Å². The van der Waals surface area contributed by atoms with Crippen molar-refractivity contribution in [1.29, 1.82) is 0 Å². The molecule has 17 heavy (non-hydrogen) atoms. The van der Waals surface area contributed by atoms with Crippen LogP contribution in [0.15, 0.2) is 0 Å². The summed E-state index contributed by atoms with van der Waals surface area (Å²) < 4.78 is 3.82. The Morgan fingerprint density at radius 1 is 1.35 bits per heavy atom. The molecule has 92 valence electrons. The average molecular weight is 251 g/mol. The number of rotatable bonds is 1. The van der Waals surface area contributed by atoms with Gasteiger partial charge in [0.1, 0.15) is 4.88 Å². The van der Waals surface area contributed by atoms with E-state index in [-0.39, 0.29) is 5.91 Å².